The van der Waals surface area contributed by atoms with Crippen LogP contribution in [0.2, 0.25) is 0 Å². The summed E-state index contributed by atoms with van der Waals surface area (Å²) in [6, 6.07) is 10.3. The topological polar surface area (TPSA) is 48.8 Å². The second-order valence-electron chi connectivity index (χ2n) is 7.57. The summed E-state index contributed by atoms with van der Waals surface area (Å²) >= 11 is 0. The van der Waals surface area contributed by atoms with Crippen LogP contribution in [0.1, 0.15) is 39.5 Å². The first-order valence-electron chi connectivity index (χ1n) is 9.75. The van der Waals surface area contributed by atoms with Gasteiger partial charge in [-0.1, -0.05) is 12.1 Å². The molecule has 2 aromatic carbocycles. The van der Waals surface area contributed by atoms with Crippen molar-refractivity contribution >= 4 is 23.0 Å². The number of aliphatic imine (C=N–C) groups is 2. The van der Waals surface area contributed by atoms with Crippen LogP contribution in [0.4, 0.5) is 20.2 Å². The van der Waals surface area contributed by atoms with Crippen LogP contribution in [0.25, 0.3) is 11.1 Å². The fourth-order valence-corrected chi connectivity index (χ4v) is 3.57. The van der Waals surface area contributed by atoms with E-state index in [1.165, 1.54) is 12.1 Å². The average molecular weight is 382 g/mol. The largest absolute Gasteiger partial charge is 0.342 e. The van der Waals surface area contributed by atoms with E-state index in [1.54, 1.807) is 24.3 Å². The smallest absolute Gasteiger partial charge is 0.147 e. The van der Waals surface area contributed by atoms with Crippen molar-refractivity contribution in [2.75, 3.05) is 10.6 Å². The van der Waals surface area contributed by atoms with Gasteiger partial charge in [0.05, 0.1) is 11.4 Å². The fraction of sp³-hybridized carbons (Fsp3) is 0.364. The molecule has 0 radical (unpaired) electrons. The summed E-state index contributed by atoms with van der Waals surface area (Å²) in [5.74, 6) is 0.864. The summed E-state index contributed by atoms with van der Waals surface area (Å²) in [6.07, 6.45) is 3.61. The molecule has 0 saturated heterocycles. The van der Waals surface area contributed by atoms with E-state index in [1.807, 2.05) is 13.8 Å². The van der Waals surface area contributed by atoms with Gasteiger partial charge < -0.3 is 10.6 Å². The number of nitrogens with one attached hydrogen (secondary N) is 2. The fourth-order valence-electron chi connectivity index (χ4n) is 3.57. The van der Waals surface area contributed by atoms with Gasteiger partial charge >= 0.3 is 0 Å². The molecule has 0 fully saturated rings. The second-order valence-corrected chi connectivity index (χ2v) is 7.57. The van der Waals surface area contributed by atoms with Gasteiger partial charge in [0.15, 0.2) is 0 Å². The van der Waals surface area contributed by atoms with Gasteiger partial charge in [-0.05, 0) is 62.1 Å². The van der Waals surface area contributed by atoms with Gasteiger partial charge in [-0.15, -0.1) is 0 Å². The summed E-state index contributed by atoms with van der Waals surface area (Å²) in [5, 5.41) is 6.12. The minimum absolute atomic E-state index is 0.276. The molecule has 2 aromatic rings. The lowest BCUT2D eigenvalue weighted by atomic mass is 10.0. The molecule has 2 unspecified atom stereocenters. The van der Waals surface area contributed by atoms with E-state index in [2.05, 4.69) is 20.6 Å². The van der Waals surface area contributed by atoms with E-state index in [0.29, 0.717) is 22.5 Å². The van der Waals surface area contributed by atoms with Crippen LogP contribution in [0.5, 0.6) is 0 Å². The Kier molecular flexibility index (Phi) is 5.11. The molecule has 28 heavy (non-hydrogen) atoms. The molecule has 4 nitrogen and oxygen atoms in total. The highest BCUT2D eigenvalue weighted by atomic mass is 19.1. The van der Waals surface area contributed by atoms with Crippen LogP contribution >= 0.6 is 0 Å². The quantitative estimate of drug-likeness (QED) is 0.724. The third-order valence-electron chi connectivity index (χ3n) is 5.18. The van der Waals surface area contributed by atoms with Crippen molar-refractivity contribution in [3.05, 3.63) is 48.0 Å². The van der Waals surface area contributed by atoms with Crippen LogP contribution in [0.15, 0.2) is 46.4 Å². The van der Waals surface area contributed by atoms with Crippen LogP contribution in [-0.4, -0.2) is 23.8 Å². The molecule has 2 aliphatic rings. The van der Waals surface area contributed by atoms with Gasteiger partial charge in [-0.3, -0.25) is 9.98 Å². The Morgan fingerprint density at radius 2 is 1.18 bits per heavy atom. The van der Waals surface area contributed by atoms with Crippen LogP contribution in [-0.2, 0) is 0 Å². The summed E-state index contributed by atoms with van der Waals surface area (Å²) in [5.41, 5.74) is 2.04. The predicted octanol–water partition coefficient (Wildman–Crippen LogP) is 5.62. The first-order valence-corrected chi connectivity index (χ1v) is 9.75. The Labute approximate surface area is 163 Å². The number of hydrogen-bond acceptors (Lipinski definition) is 4. The summed E-state index contributed by atoms with van der Waals surface area (Å²) < 4.78 is 29.1. The summed E-state index contributed by atoms with van der Waals surface area (Å²) in [7, 11) is 0. The third-order valence-corrected chi connectivity index (χ3v) is 5.18. The molecule has 0 spiro atoms. The Balaban J connectivity index is 1.51. The first-order chi connectivity index (χ1) is 13.5. The van der Waals surface area contributed by atoms with Crippen molar-refractivity contribution in [1.29, 1.82) is 0 Å². The zero-order valence-electron chi connectivity index (χ0n) is 16.1. The van der Waals surface area contributed by atoms with Crippen LogP contribution in [0.3, 0.4) is 0 Å². The molecule has 2 N–H and O–H groups in total. The summed E-state index contributed by atoms with van der Waals surface area (Å²) in [4.78, 5) is 8.89. The van der Waals surface area contributed by atoms with Crippen molar-refractivity contribution in [1.82, 2.24) is 0 Å². The van der Waals surface area contributed by atoms with E-state index in [0.717, 1.165) is 37.4 Å². The minimum Gasteiger partial charge on any atom is -0.342 e. The molecule has 0 bridgehead atoms. The zero-order valence-corrected chi connectivity index (χ0v) is 16.1. The van der Waals surface area contributed by atoms with E-state index in [-0.39, 0.29) is 23.7 Å². The number of anilines is 2. The molecule has 2 aliphatic heterocycles. The number of hydrogen-bond donors (Lipinski definition) is 2. The van der Waals surface area contributed by atoms with E-state index in [9.17, 15) is 8.78 Å². The van der Waals surface area contributed by atoms with Crippen molar-refractivity contribution < 1.29 is 8.78 Å². The number of amidine groups is 2. The lowest BCUT2D eigenvalue weighted by molar-refractivity contribution is 0.630. The molecule has 2 atom stereocenters. The van der Waals surface area contributed by atoms with E-state index >= 15 is 0 Å². The van der Waals surface area contributed by atoms with Gasteiger partial charge in [0, 0.05) is 24.9 Å². The number of benzene rings is 2. The normalized spacial score (nSPS) is 21.4. The van der Waals surface area contributed by atoms with E-state index < -0.39 is 0 Å². The van der Waals surface area contributed by atoms with Gasteiger partial charge in [-0.25, -0.2) is 8.78 Å². The highest BCUT2D eigenvalue weighted by Crippen LogP contribution is 2.28. The Bertz CT molecular complexity index is 874. The molecular formula is C22H24F2N4. The molecule has 0 aliphatic carbocycles. The molecule has 6 heteroatoms. The van der Waals surface area contributed by atoms with Crippen LogP contribution < -0.4 is 10.6 Å². The monoisotopic (exact) mass is 382 g/mol. The Morgan fingerprint density at radius 3 is 1.50 bits per heavy atom. The van der Waals surface area contributed by atoms with Gasteiger partial charge in [0.1, 0.15) is 23.3 Å². The van der Waals surface area contributed by atoms with Crippen molar-refractivity contribution in [2.24, 2.45) is 9.98 Å². The molecular weight excluding hydrogens is 358 g/mol. The third kappa shape index (κ3) is 4.06. The highest BCUT2D eigenvalue weighted by Gasteiger charge is 2.16. The zero-order chi connectivity index (χ0) is 19.7. The number of rotatable bonds is 3. The first kappa shape index (κ1) is 18.6. The lowest BCUT2D eigenvalue weighted by Crippen LogP contribution is -2.10. The maximum absolute atomic E-state index is 14.5. The molecule has 0 aromatic heterocycles. The highest BCUT2D eigenvalue weighted by molar-refractivity contribution is 5.97. The van der Waals surface area contributed by atoms with Crippen molar-refractivity contribution in [2.45, 2.75) is 51.6 Å². The minimum atomic E-state index is -0.378. The van der Waals surface area contributed by atoms with Gasteiger partial charge in [-0.2, -0.15) is 0 Å². The second kappa shape index (κ2) is 7.70. The van der Waals surface area contributed by atoms with Gasteiger partial charge in [0.2, 0.25) is 0 Å². The van der Waals surface area contributed by atoms with Gasteiger partial charge in [0.25, 0.3) is 0 Å². The van der Waals surface area contributed by atoms with Crippen molar-refractivity contribution in [3.8, 4) is 11.1 Å². The lowest BCUT2D eigenvalue weighted by Gasteiger charge is -2.11. The number of nitrogens with zero attached hydrogens (tertiary/aromatic N) is 2. The Hall–Kier alpha value is -2.76. The molecule has 146 valence electrons. The maximum atomic E-state index is 14.5. The maximum Gasteiger partial charge on any atom is 0.147 e. The Morgan fingerprint density at radius 1 is 0.750 bits per heavy atom. The molecule has 4 rings (SSSR count). The summed E-state index contributed by atoms with van der Waals surface area (Å²) in [6.45, 7) is 4.09. The number of halogens is 2. The molecule has 0 amide bonds. The van der Waals surface area contributed by atoms with Crippen LogP contribution in [0, 0.1) is 11.6 Å². The predicted molar refractivity (Wildman–Crippen MR) is 111 cm³/mol. The van der Waals surface area contributed by atoms with E-state index in [4.69, 9.17) is 0 Å². The van der Waals surface area contributed by atoms with Crippen molar-refractivity contribution in [3.63, 3.8) is 0 Å². The molecule has 2 heterocycles. The SMILES string of the molecule is CC1CCC(Nc2ccc(-c3ccc(NC4=NC(C)CC4)c(F)c3)cc2F)=N1. The molecule has 0 saturated carbocycles. The standard InChI is InChI=1S/C22H24F2N4/c1-13-3-9-21(25-13)27-19-7-5-15(11-17(19)23)16-6-8-20(18(24)12-16)28-22-10-4-14(2)26-22/h5-8,11-14H,3-4,9-10H2,1-2H3,(H,25,27)(H,26,28). The average Bonchev–Trinajstić information content (AvgIpc) is 3.26.